The molecule has 0 bridgehead atoms. The van der Waals surface area contributed by atoms with Gasteiger partial charge in [0.25, 0.3) is 0 Å². The lowest BCUT2D eigenvalue weighted by Crippen LogP contribution is -2.45. The highest BCUT2D eigenvalue weighted by atomic mass is 15.3. The van der Waals surface area contributed by atoms with Crippen LogP contribution in [0.5, 0.6) is 0 Å². The molecule has 0 N–H and O–H groups in total. The van der Waals surface area contributed by atoms with Gasteiger partial charge in [0, 0.05) is 24.3 Å². The third kappa shape index (κ3) is 4.14. The Balaban J connectivity index is 2.08. The molecule has 0 unspecified atom stereocenters. The first-order chi connectivity index (χ1) is 8.94. The van der Waals surface area contributed by atoms with Crippen LogP contribution >= 0.6 is 0 Å². The zero-order chi connectivity index (χ0) is 13.9. The summed E-state index contributed by atoms with van der Waals surface area (Å²) < 4.78 is 5.29. The number of aromatic nitrogens is 2. The van der Waals surface area contributed by atoms with Crippen molar-refractivity contribution in [2.45, 2.75) is 6.54 Å². The minimum Gasteiger partial charge on any atom is -0.326 e. The molecule has 0 aliphatic rings. The second-order valence-corrected chi connectivity index (χ2v) is 6.09. The molecular formula is C16H24N3+3. The number of likely N-dealkylation sites (N-methyl/N-ethyl adjacent to an activating group) is 1. The Morgan fingerprint density at radius 3 is 1.79 bits per heavy atom. The first-order valence-corrected chi connectivity index (χ1v) is 6.69. The molecule has 3 nitrogen and oxygen atoms in total. The Labute approximate surface area is 116 Å². The minimum atomic E-state index is 0.990. The van der Waals surface area contributed by atoms with Crippen LogP contribution < -0.4 is 9.13 Å². The summed E-state index contributed by atoms with van der Waals surface area (Å²) in [4.78, 5) is 0. The number of aryl methyl sites for hydroxylation is 1. The summed E-state index contributed by atoms with van der Waals surface area (Å²) in [5, 5.41) is 0. The molecule has 0 saturated carbocycles. The highest BCUT2D eigenvalue weighted by molar-refractivity contribution is 5.60. The third-order valence-corrected chi connectivity index (χ3v) is 3.23. The van der Waals surface area contributed by atoms with Gasteiger partial charge in [-0.25, -0.2) is 4.57 Å². The van der Waals surface area contributed by atoms with Crippen LogP contribution in [-0.4, -0.2) is 32.2 Å². The Morgan fingerprint density at radius 1 is 0.842 bits per heavy atom. The average molecular weight is 258 g/mol. The molecule has 2 aromatic heterocycles. The van der Waals surface area contributed by atoms with E-state index < -0.39 is 0 Å². The van der Waals surface area contributed by atoms with Crippen LogP contribution in [0.1, 0.15) is 0 Å². The van der Waals surface area contributed by atoms with E-state index in [2.05, 4.69) is 74.8 Å². The molecule has 100 valence electrons. The number of rotatable bonds is 4. The van der Waals surface area contributed by atoms with Crippen molar-refractivity contribution in [1.29, 1.82) is 0 Å². The predicted octanol–water partition coefficient (Wildman–Crippen LogP) is 1.17. The van der Waals surface area contributed by atoms with Crippen molar-refractivity contribution in [2.75, 3.05) is 27.7 Å². The van der Waals surface area contributed by atoms with E-state index in [1.54, 1.807) is 0 Å². The summed E-state index contributed by atoms with van der Waals surface area (Å²) in [7, 11) is 8.70. The molecule has 0 atom stereocenters. The summed E-state index contributed by atoms with van der Waals surface area (Å²) in [6, 6.07) is 8.66. The second-order valence-electron chi connectivity index (χ2n) is 6.09. The van der Waals surface area contributed by atoms with Gasteiger partial charge >= 0.3 is 0 Å². The molecule has 0 amide bonds. The van der Waals surface area contributed by atoms with Gasteiger partial charge in [0.15, 0.2) is 31.3 Å². The summed E-state index contributed by atoms with van der Waals surface area (Å²) in [6.45, 7) is 2.18. The number of hydrogen-bond donors (Lipinski definition) is 0. The van der Waals surface area contributed by atoms with E-state index in [4.69, 9.17) is 0 Å². The fourth-order valence-electron chi connectivity index (χ4n) is 1.91. The van der Waals surface area contributed by atoms with E-state index in [-0.39, 0.29) is 0 Å². The molecule has 0 saturated heterocycles. The van der Waals surface area contributed by atoms with Gasteiger partial charge in [-0.1, -0.05) is 0 Å². The minimum absolute atomic E-state index is 0.990. The van der Waals surface area contributed by atoms with E-state index in [0.29, 0.717) is 0 Å². The highest BCUT2D eigenvalue weighted by Gasteiger charge is 2.11. The standard InChI is InChI=1S/C16H24N3/c1-17-9-5-15(6-10-17)16-7-11-18(12-8-16)13-14-19(2,3)4/h5-12H,13-14H2,1-4H3/q+3. The molecule has 19 heavy (non-hydrogen) atoms. The first-order valence-electron chi connectivity index (χ1n) is 6.69. The van der Waals surface area contributed by atoms with Crippen molar-refractivity contribution in [3.63, 3.8) is 0 Å². The molecule has 0 aliphatic heterocycles. The Hall–Kier alpha value is -1.74. The van der Waals surface area contributed by atoms with Crippen molar-refractivity contribution in [3.8, 4) is 11.1 Å². The smallest absolute Gasteiger partial charge is 0.196 e. The first kappa shape index (κ1) is 13.7. The lowest BCUT2D eigenvalue weighted by molar-refractivity contribution is -0.892. The van der Waals surface area contributed by atoms with Gasteiger partial charge in [0.1, 0.15) is 13.6 Å². The van der Waals surface area contributed by atoms with Crippen molar-refractivity contribution in [1.82, 2.24) is 0 Å². The summed E-state index contributed by atoms with van der Waals surface area (Å²) in [5.74, 6) is 0. The van der Waals surface area contributed by atoms with Crippen LogP contribution in [0.4, 0.5) is 0 Å². The predicted molar refractivity (Wildman–Crippen MR) is 76.1 cm³/mol. The molecule has 2 rings (SSSR count). The van der Waals surface area contributed by atoms with Gasteiger partial charge in [-0.3, -0.25) is 0 Å². The van der Waals surface area contributed by atoms with Gasteiger partial charge in [-0.15, -0.1) is 0 Å². The number of nitrogens with zero attached hydrogens (tertiary/aromatic N) is 3. The van der Waals surface area contributed by atoms with E-state index in [9.17, 15) is 0 Å². The molecule has 0 spiro atoms. The Kier molecular flexibility index (Phi) is 3.96. The van der Waals surface area contributed by atoms with Gasteiger partial charge in [-0.05, 0) is 11.1 Å². The molecular weight excluding hydrogens is 234 g/mol. The topological polar surface area (TPSA) is 7.76 Å². The van der Waals surface area contributed by atoms with Crippen molar-refractivity contribution in [3.05, 3.63) is 49.1 Å². The highest BCUT2D eigenvalue weighted by Crippen LogP contribution is 2.15. The number of hydrogen-bond acceptors (Lipinski definition) is 0. The van der Waals surface area contributed by atoms with E-state index in [0.717, 1.165) is 17.6 Å². The van der Waals surface area contributed by atoms with Crippen molar-refractivity contribution in [2.24, 2.45) is 7.05 Å². The second kappa shape index (κ2) is 5.49. The van der Waals surface area contributed by atoms with Crippen LogP contribution in [0.15, 0.2) is 49.1 Å². The van der Waals surface area contributed by atoms with Gasteiger partial charge in [0.05, 0.1) is 21.1 Å². The number of quaternary nitrogens is 1. The fraction of sp³-hybridized carbons (Fsp3) is 0.375. The zero-order valence-electron chi connectivity index (χ0n) is 12.4. The maximum Gasteiger partial charge on any atom is 0.196 e. The van der Waals surface area contributed by atoms with Crippen molar-refractivity contribution >= 4 is 0 Å². The largest absolute Gasteiger partial charge is 0.326 e. The molecule has 2 aromatic rings. The van der Waals surface area contributed by atoms with Gasteiger partial charge < -0.3 is 4.48 Å². The maximum absolute atomic E-state index is 2.25. The molecule has 3 heteroatoms. The fourth-order valence-corrected chi connectivity index (χ4v) is 1.91. The Morgan fingerprint density at radius 2 is 1.32 bits per heavy atom. The lowest BCUT2D eigenvalue weighted by Gasteiger charge is -2.21. The average Bonchev–Trinajstić information content (AvgIpc) is 2.37. The molecule has 0 aliphatic carbocycles. The van der Waals surface area contributed by atoms with Crippen molar-refractivity contribution < 1.29 is 13.6 Å². The van der Waals surface area contributed by atoms with E-state index in [1.165, 1.54) is 11.1 Å². The normalized spacial score (nSPS) is 11.6. The maximum atomic E-state index is 2.25. The van der Waals surface area contributed by atoms with E-state index in [1.807, 2.05) is 11.6 Å². The van der Waals surface area contributed by atoms with Crippen LogP contribution in [-0.2, 0) is 13.6 Å². The SMILES string of the molecule is C[n+]1ccc(-c2cc[n+](CC[N+](C)(C)C)cc2)cc1. The van der Waals surface area contributed by atoms with E-state index >= 15 is 0 Å². The van der Waals surface area contributed by atoms with Crippen LogP contribution in [0.3, 0.4) is 0 Å². The molecule has 0 aromatic carbocycles. The zero-order valence-corrected chi connectivity index (χ0v) is 12.4. The van der Waals surface area contributed by atoms with Crippen LogP contribution in [0.25, 0.3) is 11.1 Å². The van der Waals surface area contributed by atoms with Crippen LogP contribution in [0, 0.1) is 0 Å². The van der Waals surface area contributed by atoms with Crippen LogP contribution in [0.2, 0.25) is 0 Å². The Bertz CT molecular complexity index is 521. The monoisotopic (exact) mass is 258 g/mol. The third-order valence-electron chi connectivity index (χ3n) is 3.23. The summed E-state index contributed by atoms with van der Waals surface area (Å²) in [5.41, 5.74) is 2.53. The van der Waals surface area contributed by atoms with Gasteiger partial charge in [0.2, 0.25) is 0 Å². The quantitative estimate of drug-likeness (QED) is 0.574. The van der Waals surface area contributed by atoms with Gasteiger partial charge in [-0.2, -0.15) is 4.57 Å². The lowest BCUT2D eigenvalue weighted by atomic mass is 10.1. The number of pyridine rings is 2. The summed E-state index contributed by atoms with van der Waals surface area (Å²) in [6.07, 6.45) is 8.48. The molecule has 0 fully saturated rings. The molecule has 2 heterocycles. The molecule has 0 radical (unpaired) electrons. The summed E-state index contributed by atoms with van der Waals surface area (Å²) >= 11 is 0.